The third-order valence-electron chi connectivity index (χ3n) is 2.52. The quantitative estimate of drug-likeness (QED) is 0.776. The number of carboxylic acid groups (broad SMARTS) is 1. The van der Waals surface area contributed by atoms with Crippen LogP contribution in [-0.4, -0.2) is 16.1 Å². The fourth-order valence-corrected chi connectivity index (χ4v) is 2.11. The van der Waals surface area contributed by atoms with Crippen LogP contribution in [0.2, 0.25) is 5.02 Å². The predicted molar refractivity (Wildman–Crippen MR) is 52.8 cm³/mol. The maximum absolute atomic E-state index is 10.8. The molecule has 1 aliphatic carbocycles. The number of aromatic carboxylic acids is 1. The van der Waals surface area contributed by atoms with E-state index in [1.54, 1.807) is 0 Å². The summed E-state index contributed by atoms with van der Waals surface area (Å²) in [7, 11) is 0. The topological polar surface area (TPSA) is 50.2 Å². The molecule has 0 bridgehead atoms. The molecular weight excluding hydrogens is 202 g/mol. The first-order valence-electron chi connectivity index (χ1n) is 4.59. The van der Waals surface area contributed by atoms with E-state index in [9.17, 15) is 4.79 Å². The van der Waals surface area contributed by atoms with E-state index in [-0.39, 0.29) is 5.56 Å². The molecule has 1 aliphatic rings. The number of aryl methyl sites for hydroxylation is 1. The Bertz CT molecular complexity index is 390. The molecule has 0 aromatic carbocycles. The molecule has 1 heterocycles. The Morgan fingerprint density at radius 2 is 2.14 bits per heavy atom. The Labute approximate surface area is 86.7 Å². The lowest BCUT2D eigenvalue weighted by Crippen LogP contribution is -2.10. The van der Waals surface area contributed by atoms with Gasteiger partial charge >= 0.3 is 5.97 Å². The minimum Gasteiger partial charge on any atom is -0.478 e. The maximum atomic E-state index is 10.8. The molecule has 3 nitrogen and oxygen atoms in total. The van der Waals surface area contributed by atoms with Crippen LogP contribution in [0.3, 0.4) is 0 Å². The Kier molecular flexibility index (Phi) is 2.42. The van der Waals surface area contributed by atoms with Crippen LogP contribution in [0.25, 0.3) is 0 Å². The van der Waals surface area contributed by atoms with E-state index in [0.29, 0.717) is 5.02 Å². The molecule has 0 fully saturated rings. The minimum atomic E-state index is -1.00. The van der Waals surface area contributed by atoms with Gasteiger partial charge in [-0.05, 0) is 31.2 Å². The highest BCUT2D eigenvalue weighted by Crippen LogP contribution is 2.28. The largest absolute Gasteiger partial charge is 0.478 e. The number of hydrogen-bond acceptors (Lipinski definition) is 2. The molecule has 0 unspecified atom stereocenters. The zero-order chi connectivity index (χ0) is 10.1. The van der Waals surface area contributed by atoms with Gasteiger partial charge in [-0.1, -0.05) is 11.6 Å². The average Bonchev–Trinajstić information content (AvgIpc) is 2.18. The lowest BCUT2D eigenvalue weighted by atomic mass is 9.95. The number of pyridine rings is 1. The zero-order valence-corrected chi connectivity index (χ0v) is 8.34. The molecule has 0 saturated carbocycles. The number of halogens is 1. The molecule has 0 radical (unpaired) electrons. The highest BCUT2D eigenvalue weighted by Gasteiger charge is 2.19. The van der Waals surface area contributed by atoms with Gasteiger partial charge in [0, 0.05) is 11.9 Å². The van der Waals surface area contributed by atoms with E-state index in [0.717, 1.165) is 36.9 Å². The van der Waals surface area contributed by atoms with Crippen LogP contribution >= 0.6 is 11.6 Å². The third-order valence-corrected chi connectivity index (χ3v) is 2.95. The molecule has 0 spiro atoms. The summed E-state index contributed by atoms with van der Waals surface area (Å²) in [6.45, 7) is 0. The monoisotopic (exact) mass is 211 g/mol. The highest BCUT2D eigenvalue weighted by molar-refractivity contribution is 6.34. The van der Waals surface area contributed by atoms with Gasteiger partial charge in [0.15, 0.2) is 0 Å². The van der Waals surface area contributed by atoms with E-state index >= 15 is 0 Å². The van der Waals surface area contributed by atoms with Crippen molar-refractivity contribution in [1.29, 1.82) is 0 Å². The van der Waals surface area contributed by atoms with Gasteiger partial charge < -0.3 is 5.11 Å². The van der Waals surface area contributed by atoms with Crippen molar-refractivity contribution in [1.82, 2.24) is 4.98 Å². The van der Waals surface area contributed by atoms with Crippen molar-refractivity contribution < 1.29 is 9.90 Å². The van der Waals surface area contributed by atoms with Crippen molar-refractivity contribution >= 4 is 17.6 Å². The smallest absolute Gasteiger partial charge is 0.338 e. The molecule has 74 valence electrons. The van der Waals surface area contributed by atoms with Gasteiger partial charge in [-0.2, -0.15) is 0 Å². The first-order valence-corrected chi connectivity index (χ1v) is 4.97. The first-order chi connectivity index (χ1) is 6.70. The van der Waals surface area contributed by atoms with Gasteiger partial charge in [0.25, 0.3) is 0 Å². The fraction of sp³-hybridized carbons (Fsp3) is 0.400. The molecular formula is C10H10ClNO2. The normalized spacial score (nSPS) is 14.9. The second kappa shape index (κ2) is 3.58. The number of nitrogens with zero attached hydrogens (tertiary/aromatic N) is 1. The van der Waals surface area contributed by atoms with E-state index < -0.39 is 5.97 Å². The molecule has 1 N–H and O–H groups in total. The summed E-state index contributed by atoms with van der Waals surface area (Å²) in [5.74, 6) is -1.00. The van der Waals surface area contributed by atoms with Gasteiger partial charge in [-0.25, -0.2) is 4.79 Å². The number of aromatic nitrogens is 1. The van der Waals surface area contributed by atoms with E-state index in [1.807, 2.05) is 0 Å². The average molecular weight is 212 g/mol. The predicted octanol–water partition coefficient (Wildman–Crippen LogP) is 2.31. The number of fused-ring (bicyclic) bond motifs is 1. The summed E-state index contributed by atoms with van der Waals surface area (Å²) >= 11 is 6.00. The molecule has 0 aliphatic heterocycles. The molecule has 0 atom stereocenters. The standard InChI is InChI=1S/C10H10ClNO2/c11-9-6-3-1-2-4-8(6)12-5-7(9)10(13)14/h5H,1-4H2,(H,13,14). The van der Waals surface area contributed by atoms with Gasteiger partial charge in [-0.15, -0.1) is 0 Å². The summed E-state index contributed by atoms with van der Waals surface area (Å²) < 4.78 is 0. The van der Waals surface area contributed by atoms with Crippen LogP contribution in [0.15, 0.2) is 6.20 Å². The van der Waals surface area contributed by atoms with E-state index in [1.165, 1.54) is 6.20 Å². The summed E-state index contributed by atoms with van der Waals surface area (Å²) in [5.41, 5.74) is 2.01. The highest BCUT2D eigenvalue weighted by atomic mass is 35.5. The Morgan fingerprint density at radius 3 is 2.86 bits per heavy atom. The van der Waals surface area contributed by atoms with Crippen LogP contribution in [-0.2, 0) is 12.8 Å². The van der Waals surface area contributed by atoms with Gasteiger partial charge in [0.1, 0.15) is 0 Å². The van der Waals surface area contributed by atoms with Crippen LogP contribution < -0.4 is 0 Å². The van der Waals surface area contributed by atoms with E-state index in [2.05, 4.69) is 4.98 Å². The van der Waals surface area contributed by atoms with Crippen LogP contribution in [0, 0.1) is 0 Å². The summed E-state index contributed by atoms with van der Waals surface area (Å²) in [4.78, 5) is 14.9. The molecule has 1 aromatic rings. The number of rotatable bonds is 1. The summed E-state index contributed by atoms with van der Waals surface area (Å²) in [6, 6.07) is 0. The van der Waals surface area contributed by atoms with Crippen LogP contribution in [0.4, 0.5) is 0 Å². The first kappa shape index (κ1) is 9.46. The van der Waals surface area contributed by atoms with Crippen molar-refractivity contribution in [2.75, 3.05) is 0 Å². The molecule has 0 saturated heterocycles. The molecule has 0 amide bonds. The van der Waals surface area contributed by atoms with Crippen molar-refractivity contribution in [2.24, 2.45) is 0 Å². The third kappa shape index (κ3) is 1.48. The SMILES string of the molecule is O=C(O)c1cnc2c(c1Cl)CCCC2. The van der Waals surface area contributed by atoms with Crippen molar-refractivity contribution in [2.45, 2.75) is 25.7 Å². The zero-order valence-electron chi connectivity index (χ0n) is 7.59. The Hall–Kier alpha value is -1.09. The van der Waals surface area contributed by atoms with Gasteiger partial charge in [0.05, 0.1) is 10.6 Å². The molecule has 4 heteroatoms. The van der Waals surface area contributed by atoms with Crippen molar-refractivity contribution in [3.05, 3.63) is 28.0 Å². The fourth-order valence-electron chi connectivity index (χ4n) is 1.78. The van der Waals surface area contributed by atoms with E-state index in [4.69, 9.17) is 16.7 Å². The van der Waals surface area contributed by atoms with Crippen LogP contribution in [0.1, 0.15) is 34.5 Å². The Balaban J connectivity index is 2.54. The van der Waals surface area contributed by atoms with Gasteiger partial charge in [0.2, 0.25) is 0 Å². The second-order valence-electron chi connectivity index (χ2n) is 3.42. The lowest BCUT2D eigenvalue weighted by Gasteiger charge is -2.16. The van der Waals surface area contributed by atoms with Crippen molar-refractivity contribution in [3.63, 3.8) is 0 Å². The van der Waals surface area contributed by atoms with Crippen LogP contribution in [0.5, 0.6) is 0 Å². The molecule has 2 rings (SSSR count). The molecule has 14 heavy (non-hydrogen) atoms. The summed E-state index contributed by atoms with van der Waals surface area (Å²) in [5, 5.41) is 9.22. The number of hydrogen-bond donors (Lipinski definition) is 1. The lowest BCUT2D eigenvalue weighted by molar-refractivity contribution is 0.0696. The summed E-state index contributed by atoms with van der Waals surface area (Å²) in [6.07, 6.45) is 5.30. The Morgan fingerprint density at radius 1 is 1.43 bits per heavy atom. The van der Waals surface area contributed by atoms with Crippen molar-refractivity contribution in [3.8, 4) is 0 Å². The maximum Gasteiger partial charge on any atom is 0.338 e. The molecule has 1 aromatic heterocycles. The number of carbonyl (C=O) groups is 1. The minimum absolute atomic E-state index is 0.118. The second-order valence-corrected chi connectivity index (χ2v) is 3.80. The van der Waals surface area contributed by atoms with Gasteiger partial charge in [-0.3, -0.25) is 4.98 Å². The number of carboxylic acids is 1.